The molecule has 0 aliphatic carbocycles. The maximum absolute atomic E-state index is 2.27. The second kappa shape index (κ2) is 8.83. The Bertz CT molecular complexity index is 1090. The first kappa shape index (κ1) is 19.0. The molecule has 1 heterocycles. The number of hydrogen-bond donors (Lipinski definition) is 0. The molecule has 0 aromatic heterocycles. The lowest BCUT2D eigenvalue weighted by Crippen LogP contribution is -1.86. The van der Waals surface area contributed by atoms with Crippen molar-refractivity contribution >= 4 is 33.3 Å². The standard InChI is InChI=1S/C28H20S2/c1-3-7-21(8-4-1)23-11-15-25(16-12-23)27-19-30-28(20-29-27)26-17-13-24(14-18-26)22-9-5-2-6-10-22/h1-20H. The second-order valence-electron chi connectivity index (χ2n) is 7.09. The van der Waals surface area contributed by atoms with Crippen molar-refractivity contribution in [2.45, 2.75) is 0 Å². The molecule has 2 heteroatoms. The summed E-state index contributed by atoms with van der Waals surface area (Å²) >= 11 is 3.60. The van der Waals surface area contributed by atoms with Gasteiger partial charge in [0.25, 0.3) is 0 Å². The van der Waals surface area contributed by atoms with Gasteiger partial charge < -0.3 is 0 Å². The van der Waals surface area contributed by atoms with E-state index in [-0.39, 0.29) is 0 Å². The Kier molecular flexibility index (Phi) is 5.60. The van der Waals surface area contributed by atoms with Crippen LogP contribution in [0, 0.1) is 0 Å². The molecule has 4 aromatic rings. The van der Waals surface area contributed by atoms with Gasteiger partial charge in [0.1, 0.15) is 0 Å². The van der Waals surface area contributed by atoms with E-state index in [4.69, 9.17) is 0 Å². The summed E-state index contributed by atoms with van der Waals surface area (Å²) in [5.74, 6) is 0. The van der Waals surface area contributed by atoms with Crippen molar-refractivity contribution < 1.29 is 0 Å². The average molecular weight is 421 g/mol. The fourth-order valence-corrected chi connectivity index (χ4v) is 5.49. The Hall–Kier alpha value is -2.94. The summed E-state index contributed by atoms with van der Waals surface area (Å²) in [5, 5.41) is 4.53. The first-order chi connectivity index (χ1) is 14.9. The smallest absolute Gasteiger partial charge is 0.0255 e. The molecule has 0 saturated carbocycles. The van der Waals surface area contributed by atoms with Gasteiger partial charge in [0.15, 0.2) is 0 Å². The topological polar surface area (TPSA) is 0 Å². The van der Waals surface area contributed by atoms with E-state index >= 15 is 0 Å². The fraction of sp³-hybridized carbons (Fsp3) is 0. The van der Waals surface area contributed by atoms with Gasteiger partial charge in [-0.3, -0.25) is 0 Å². The number of rotatable bonds is 4. The Labute approximate surface area is 186 Å². The van der Waals surface area contributed by atoms with Gasteiger partial charge >= 0.3 is 0 Å². The third-order valence-electron chi connectivity index (χ3n) is 5.14. The molecular formula is C28H20S2. The van der Waals surface area contributed by atoms with Gasteiger partial charge in [0, 0.05) is 9.81 Å². The summed E-state index contributed by atoms with van der Waals surface area (Å²) in [7, 11) is 0. The first-order valence-electron chi connectivity index (χ1n) is 9.92. The zero-order chi connectivity index (χ0) is 20.2. The molecule has 1 aliphatic heterocycles. The van der Waals surface area contributed by atoms with Gasteiger partial charge in [0.05, 0.1) is 0 Å². The number of hydrogen-bond acceptors (Lipinski definition) is 2. The van der Waals surface area contributed by atoms with Gasteiger partial charge in [-0.1, -0.05) is 133 Å². The second-order valence-corrected chi connectivity index (χ2v) is 8.91. The minimum Gasteiger partial charge on any atom is -0.0957 e. The van der Waals surface area contributed by atoms with Gasteiger partial charge in [-0.25, -0.2) is 0 Å². The molecule has 5 rings (SSSR count). The fourth-order valence-electron chi connectivity index (χ4n) is 3.48. The molecule has 1 aliphatic rings. The molecular weight excluding hydrogens is 400 g/mol. The zero-order valence-electron chi connectivity index (χ0n) is 16.4. The largest absolute Gasteiger partial charge is 0.0957 e. The molecule has 4 aromatic carbocycles. The van der Waals surface area contributed by atoms with Crippen LogP contribution in [0.3, 0.4) is 0 Å². The van der Waals surface area contributed by atoms with Crippen LogP contribution in [-0.2, 0) is 0 Å². The highest BCUT2D eigenvalue weighted by atomic mass is 32.2. The Morgan fingerprint density at radius 3 is 0.933 bits per heavy atom. The van der Waals surface area contributed by atoms with Crippen molar-refractivity contribution in [3.8, 4) is 22.3 Å². The molecule has 0 nitrogen and oxygen atoms in total. The van der Waals surface area contributed by atoms with Crippen LogP contribution in [-0.4, -0.2) is 0 Å². The molecule has 0 unspecified atom stereocenters. The lowest BCUT2D eigenvalue weighted by Gasteiger charge is -2.14. The van der Waals surface area contributed by atoms with Crippen LogP contribution in [0.5, 0.6) is 0 Å². The third kappa shape index (κ3) is 4.16. The van der Waals surface area contributed by atoms with E-state index in [1.54, 1.807) is 23.5 Å². The van der Waals surface area contributed by atoms with Crippen LogP contribution < -0.4 is 0 Å². The highest BCUT2D eigenvalue weighted by Crippen LogP contribution is 2.44. The zero-order valence-corrected chi connectivity index (χ0v) is 18.0. The van der Waals surface area contributed by atoms with Gasteiger partial charge in [0.2, 0.25) is 0 Å². The molecule has 0 radical (unpaired) electrons. The van der Waals surface area contributed by atoms with E-state index in [9.17, 15) is 0 Å². The van der Waals surface area contributed by atoms with Crippen LogP contribution in [0.4, 0.5) is 0 Å². The third-order valence-corrected chi connectivity index (χ3v) is 7.36. The molecule has 30 heavy (non-hydrogen) atoms. The van der Waals surface area contributed by atoms with Crippen molar-refractivity contribution in [1.29, 1.82) is 0 Å². The van der Waals surface area contributed by atoms with Gasteiger partial charge in [-0.2, -0.15) is 0 Å². The molecule has 0 saturated heterocycles. The van der Waals surface area contributed by atoms with E-state index in [0.717, 1.165) is 0 Å². The summed E-state index contributed by atoms with van der Waals surface area (Å²) in [4.78, 5) is 2.59. The molecule has 0 fully saturated rings. The SMILES string of the molecule is C1=C(c2ccc(-c3ccccc3)cc2)SC=C(c2ccc(-c3ccccc3)cc2)S1. The van der Waals surface area contributed by atoms with Crippen LogP contribution in [0.15, 0.2) is 120 Å². The monoisotopic (exact) mass is 420 g/mol. The van der Waals surface area contributed by atoms with E-state index in [2.05, 4.69) is 120 Å². The van der Waals surface area contributed by atoms with Gasteiger partial charge in [-0.05, 0) is 44.2 Å². The molecule has 0 amide bonds. The maximum Gasteiger partial charge on any atom is 0.0255 e. The normalized spacial score (nSPS) is 13.5. The molecule has 144 valence electrons. The highest BCUT2D eigenvalue weighted by Gasteiger charge is 2.11. The summed E-state index contributed by atoms with van der Waals surface area (Å²) in [6, 6.07) is 38.7. The maximum atomic E-state index is 2.27. The predicted octanol–water partition coefficient (Wildman–Crippen LogP) is 8.80. The Morgan fingerprint density at radius 2 is 0.600 bits per heavy atom. The van der Waals surface area contributed by atoms with E-state index in [1.165, 1.54) is 43.2 Å². The lowest BCUT2D eigenvalue weighted by molar-refractivity contribution is 1.59. The average Bonchev–Trinajstić information content (AvgIpc) is 2.85. The molecule has 0 N–H and O–H groups in total. The van der Waals surface area contributed by atoms with Crippen molar-refractivity contribution in [3.05, 3.63) is 131 Å². The summed E-state index contributed by atoms with van der Waals surface area (Å²) in [5.41, 5.74) is 7.55. The van der Waals surface area contributed by atoms with Crippen molar-refractivity contribution in [2.24, 2.45) is 0 Å². The van der Waals surface area contributed by atoms with Gasteiger partial charge in [-0.15, -0.1) is 0 Å². The van der Waals surface area contributed by atoms with E-state index in [0.29, 0.717) is 0 Å². The van der Waals surface area contributed by atoms with Crippen molar-refractivity contribution in [1.82, 2.24) is 0 Å². The van der Waals surface area contributed by atoms with E-state index in [1.807, 2.05) is 0 Å². The Balaban J connectivity index is 1.28. The van der Waals surface area contributed by atoms with Crippen LogP contribution in [0.1, 0.15) is 11.1 Å². The van der Waals surface area contributed by atoms with Crippen LogP contribution >= 0.6 is 23.5 Å². The van der Waals surface area contributed by atoms with Crippen molar-refractivity contribution in [3.63, 3.8) is 0 Å². The number of benzene rings is 4. The highest BCUT2D eigenvalue weighted by molar-refractivity contribution is 8.18. The summed E-state index contributed by atoms with van der Waals surface area (Å²) in [6.07, 6.45) is 0. The lowest BCUT2D eigenvalue weighted by atomic mass is 10.0. The Morgan fingerprint density at radius 1 is 0.300 bits per heavy atom. The molecule has 0 atom stereocenters. The van der Waals surface area contributed by atoms with Crippen molar-refractivity contribution in [2.75, 3.05) is 0 Å². The quantitative estimate of drug-likeness (QED) is 0.323. The predicted molar refractivity (Wildman–Crippen MR) is 135 cm³/mol. The minimum atomic E-state index is 1.25. The summed E-state index contributed by atoms with van der Waals surface area (Å²) in [6.45, 7) is 0. The minimum absolute atomic E-state index is 1.25. The first-order valence-corrected chi connectivity index (χ1v) is 11.7. The van der Waals surface area contributed by atoms with Crippen LogP contribution in [0.25, 0.3) is 32.1 Å². The van der Waals surface area contributed by atoms with Crippen LogP contribution in [0.2, 0.25) is 0 Å². The number of thioether (sulfide) groups is 2. The molecule has 0 bridgehead atoms. The molecule has 0 spiro atoms. The summed E-state index contributed by atoms with van der Waals surface area (Å²) < 4.78 is 0. The van der Waals surface area contributed by atoms with E-state index < -0.39 is 0 Å².